The molecule has 5 N–H and O–H groups in total. The smallest absolute Gasteiger partial charge is 0.252 e. The van der Waals surface area contributed by atoms with Crippen molar-refractivity contribution in [2.45, 2.75) is 31.1 Å². The summed E-state index contributed by atoms with van der Waals surface area (Å²) in [5, 5.41) is 29.1. The molecule has 4 atom stereocenters. The van der Waals surface area contributed by atoms with Gasteiger partial charge in [-0.1, -0.05) is 12.1 Å². The molecular formula is C23H25N7O5. The number of hydrogen-bond donors (Lipinski definition) is 4. The maximum absolute atomic E-state index is 12.8. The van der Waals surface area contributed by atoms with Crippen LogP contribution in [0.15, 0.2) is 49.1 Å². The molecule has 1 aliphatic rings. The Labute approximate surface area is 199 Å². The minimum Gasteiger partial charge on any atom is -0.497 e. The van der Waals surface area contributed by atoms with E-state index in [-0.39, 0.29) is 12.4 Å². The van der Waals surface area contributed by atoms with Crippen LogP contribution in [0.1, 0.15) is 11.8 Å². The van der Waals surface area contributed by atoms with Gasteiger partial charge in [-0.05, 0) is 23.8 Å². The van der Waals surface area contributed by atoms with Crippen LogP contribution in [0.5, 0.6) is 5.75 Å². The fourth-order valence-electron chi connectivity index (χ4n) is 4.23. The molecule has 0 spiro atoms. The molecule has 182 valence electrons. The number of nitrogen functional groups attached to an aromatic ring is 1. The summed E-state index contributed by atoms with van der Waals surface area (Å²) in [4.78, 5) is 21.2. The SMILES string of the molecule is COc1cccc(CNC(=O)[C@H]2O[C@@H](n3cc(-c4ccn(C)n4)c4c(N)ncnc43)[C@H](O)[C@@H]2O)c1. The fourth-order valence-corrected chi connectivity index (χ4v) is 4.23. The van der Waals surface area contributed by atoms with E-state index >= 15 is 0 Å². The molecule has 1 aliphatic heterocycles. The van der Waals surface area contributed by atoms with Crippen LogP contribution in [-0.2, 0) is 23.1 Å². The average Bonchev–Trinajstić information content (AvgIpc) is 3.54. The van der Waals surface area contributed by atoms with Crippen molar-refractivity contribution in [2.75, 3.05) is 12.8 Å². The zero-order chi connectivity index (χ0) is 24.7. The van der Waals surface area contributed by atoms with Crippen molar-refractivity contribution in [3.63, 3.8) is 0 Å². The van der Waals surface area contributed by atoms with Gasteiger partial charge < -0.3 is 35.3 Å². The molecule has 4 heterocycles. The van der Waals surface area contributed by atoms with Crippen LogP contribution in [0.25, 0.3) is 22.3 Å². The van der Waals surface area contributed by atoms with E-state index in [2.05, 4.69) is 20.4 Å². The molecule has 1 saturated heterocycles. The highest BCUT2D eigenvalue weighted by Crippen LogP contribution is 2.37. The van der Waals surface area contributed by atoms with Crippen molar-refractivity contribution in [3.05, 3.63) is 54.6 Å². The molecular weight excluding hydrogens is 454 g/mol. The van der Waals surface area contributed by atoms with Gasteiger partial charge in [-0.25, -0.2) is 9.97 Å². The molecule has 5 rings (SSSR count). The summed E-state index contributed by atoms with van der Waals surface area (Å²) in [5.74, 6) is 0.335. The Morgan fingerprint density at radius 2 is 2.09 bits per heavy atom. The highest BCUT2D eigenvalue weighted by Gasteiger charge is 2.47. The van der Waals surface area contributed by atoms with Crippen LogP contribution in [0.4, 0.5) is 5.82 Å². The number of aromatic nitrogens is 5. The molecule has 4 aromatic rings. The second kappa shape index (κ2) is 8.98. The Bertz CT molecular complexity index is 1380. The van der Waals surface area contributed by atoms with Crippen molar-refractivity contribution in [3.8, 4) is 17.0 Å². The number of nitrogens with zero attached hydrogens (tertiary/aromatic N) is 5. The summed E-state index contributed by atoms with van der Waals surface area (Å²) in [7, 11) is 3.35. The van der Waals surface area contributed by atoms with Gasteiger partial charge in [0.2, 0.25) is 0 Å². The first-order chi connectivity index (χ1) is 16.9. The molecule has 0 bridgehead atoms. The normalized spacial score (nSPS) is 21.9. The molecule has 0 radical (unpaired) electrons. The van der Waals surface area contributed by atoms with Crippen molar-refractivity contribution in [2.24, 2.45) is 7.05 Å². The highest BCUT2D eigenvalue weighted by atomic mass is 16.6. The molecule has 1 aromatic carbocycles. The number of amides is 1. The van der Waals surface area contributed by atoms with Crippen molar-refractivity contribution < 1.29 is 24.5 Å². The zero-order valence-corrected chi connectivity index (χ0v) is 19.1. The lowest BCUT2D eigenvalue weighted by molar-refractivity contribution is -0.137. The number of ether oxygens (including phenoxy) is 2. The molecule has 12 heteroatoms. The monoisotopic (exact) mass is 479 g/mol. The largest absolute Gasteiger partial charge is 0.497 e. The van der Waals surface area contributed by atoms with Gasteiger partial charge >= 0.3 is 0 Å². The minimum atomic E-state index is -1.46. The number of benzene rings is 1. The van der Waals surface area contributed by atoms with Gasteiger partial charge in [0, 0.05) is 31.5 Å². The van der Waals surface area contributed by atoms with E-state index in [0.29, 0.717) is 28.0 Å². The quantitative estimate of drug-likeness (QED) is 0.306. The molecule has 1 amide bonds. The maximum atomic E-state index is 12.8. The lowest BCUT2D eigenvalue weighted by Gasteiger charge is -2.17. The predicted octanol–water partition coefficient (Wildman–Crippen LogP) is 0.358. The number of aliphatic hydroxyl groups is 2. The van der Waals surface area contributed by atoms with E-state index in [9.17, 15) is 15.0 Å². The number of carbonyl (C=O) groups excluding carboxylic acids is 1. The number of fused-ring (bicyclic) bond motifs is 1. The Morgan fingerprint density at radius 1 is 1.26 bits per heavy atom. The van der Waals surface area contributed by atoms with Gasteiger partial charge in [0.1, 0.15) is 35.7 Å². The average molecular weight is 479 g/mol. The molecule has 0 saturated carbocycles. The number of hydrogen-bond acceptors (Lipinski definition) is 9. The van der Waals surface area contributed by atoms with E-state index in [0.717, 1.165) is 5.56 Å². The molecule has 0 aliphatic carbocycles. The van der Waals surface area contributed by atoms with Gasteiger partial charge in [-0.2, -0.15) is 5.10 Å². The molecule has 1 fully saturated rings. The predicted molar refractivity (Wildman–Crippen MR) is 125 cm³/mol. The minimum absolute atomic E-state index is 0.198. The first-order valence-corrected chi connectivity index (χ1v) is 10.9. The standard InChI is InChI=1S/C23H25N7O5/c1-29-7-6-15(28-29)14-10-30(21-16(14)20(24)26-11-27-21)23-18(32)17(31)19(35-23)22(33)25-9-12-4-3-5-13(8-12)34-2/h3-8,10-11,17-19,23,31-32H,9H2,1-2H3,(H,25,33)(H2,24,26,27)/t17-,18+,19-,23+/m0/s1. The van der Waals surface area contributed by atoms with Crippen LogP contribution in [0.2, 0.25) is 0 Å². The Balaban J connectivity index is 1.41. The number of carbonyl (C=O) groups is 1. The first kappa shape index (κ1) is 22.8. The topological polar surface area (TPSA) is 163 Å². The number of aryl methyl sites for hydroxylation is 1. The summed E-state index contributed by atoms with van der Waals surface area (Å²) in [6.45, 7) is 0.198. The number of methoxy groups -OCH3 is 1. The number of nitrogens with two attached hydrogens (primary N) is 1. The third-order valence-corrected chi connectivity index (χ3v) is 6.00. The molecule has 12 nitrogen and oxygen atoms in total. The van der Waals surface area contributed by atoms with Crippen LogP contribution >= 0.6 is 0 Å². The number of rotatable bonds is 6. The van der Waals surface area contributed by atoms with E-state index in [1.165, 1.54) is 6.33 Å². The lowest BCUT2D eigenvalue weighted by atomic mass is 10.1. The second-order valence-corrected chi connectivity index (χ2v) is 8.28. The van der Waals surface area contributed by atoms with Crippen LogP contribution in [0.3, 0.4) is 0 Å². The Kier molecular flexibility index (Phi) is 5.84. The van der Waals surface area contributed by atoms with Gasteiger partial charge in [-0.3, -0.25) is 9.48 Å². The van der Waals surface area contributed by atoms with E-state index in [4.69, 9.17) is 15.2 Å². The van der Waals surface area contributed by atoms with Crippen molar-refractivity contribution >= 4 is 22.8 Å². The van der Waals surface area contributed by atoms with Gasteiger partial charge in [0.15, 0.2) is 12.3 Å². The van der Waals surface area contributed by atoms with Gasteiger partial charge in [-0.15, -0.1) is 0 Å². The molecule has 0 unspecified atom stereocenters. The lowest BCUT2D eigenvalue weighted by Crippen LogP contribution is -2.42. The summed E-state index contributed by atoms with van der Waals surface area (Å²) in [5.41, 5.74) is 8.59. The van der Waals surface area contributed by atoms with Crippen molar-refractivity contribution in [1.82, 2.24) is 29.6 Å². The number of aliphatic hydroxyl groups excluding tert-OH is 2. The summed E-state index contributed by atoms with van der Waals surface area (Å²) in [6.07, 6.45) is -0.485. The summed E-state index contributed by atoms with van der Waals surface area (Å²) in [6, 6.07) is 9.04. The van der Waals surface area contributed by atoms with Gasteiger partial charge in [0.25, 0.3) is 5.91 Å². The highest BCUT2D eigenvalue weighted by molar-refractivity contribution is 5.99. The van der Waals surface area contributed by atoms with E-state index in [1.807, 2.05) is 12.1 Å². The summed E-state index contributed by atoms with van der Waals surface area (Å²) < 4.78 is 14.3. The van der Waals surface area contributed by atoms with Crippen LogP contribution in [-0.4, -0.2) is 65.9 Å². The summed E-state index contributed by atoms with van der Waals surface area (Å²) >= 11 is 0. The van der Waals surface area contributed by atoms with E-state index in [1.54, 1.807) is 54.0 Å². The van der Waals surface area contributed by atoms with Crippen molar-refractivity contribution in [1.29, 1.82) is 0 Å². The Morgan fingerprint density at radius 3 is 2.83 bits per heavy atom. The molecule has 35 heavy (non-hydrogen) atoms. The molecule has 3 aromatic heterocycles. The van der Waals surface area contributed by atoms with Crippen LogP contribution < -0.4 is 15.8 Å². The second-order valence-electron chi connectivity index (χ2n) is 8.28. The third-order valence-electron chi connectivity index (χ3n) is 6.00. The van der Waals surface area contributed by atoms with Gasteiger partial charge in [0.05, 0.1) is 18.2 Å². The maximum Gasteiger partial charge on any atom is 0.252 e. The number of anilines is 1. The third kappa shape index (κ3) is 4.07. The van der Waals surface area contributed by atoms with Crippen LogP contribution in [0, 0.1) is 0 Å². The number of nitrogens with one attached hydrogen (secondary N) is 1. The fraction of sp³-hybridized carbons (Fsp3) is 0.304. The first-order valence-electron chi connectivity index (χ1n) is 10.9. The van der Waals surface area contributed by atoms with E-state index < -0.39 is 30.4 Å². The zero-order valence-electron chi connectivity index (χ0n) is 19.1. The Hall–Kier alpha value is -4.00.